The molecule has 0 saturated carbocycles. The van der Waals surface area contributed by atoms with Gasteiger partial charge in [0.15, 0.2) is 0 Å². The number of hydrogen-bond acceptors (Lipinski definition) is 2. The standard InChI is InChI=1S/C12H12OS/c1-13-11-8-4-5-9-12(11)14-10-6-2-3-7-10/h2,4-9H,3H2,1H3. The van der Waals surface area contributed by atoms with Gasteiger partial charge in [0.25, 0.3) is 0 Å². The molecule has 0 aromatic heterocycles. The first kappa shape index (κ1) is 9.41. The molecule has 0 amide bonds. The van der Waals surface area contributed by atoms with Crippen LogP contribution in [0, 0.1) is 0 Å². The highest BCUT2D eigenvalue weighted by Crippen LogP contribution is 2.36. The van der Waals surface area contributed by atoms with E-state index in [-0.39, 0.29) is 0 Å². The van der Waals surface area contributed by atoms with E-state index in [1.165, 1.54) is 9.80 Å². The molecule has 0 heterocycles. The minimum absolute atomic E-state index is 0.943. The molecule has 72 valence electrons. The van der Waals surface area contributed by atoms with Crippen molar-refractivity contribution in [2.75, 3.05) is 7.11 Å². The van der Waals surface area contributed by atoms with E-state index in [0.29, 0.717) is 0 Å². The second-order valence-electron chi connectivity index (χ2n) is 3.00. The Labute approximate surface area is 88.5 Å². The van der Waals surface area contributed by atoms with Gasteiger partial charge in [0.1, 0.15) is 5.75 Å². The first-order chi connectivity index (χ1) is 6.90. The van der Waals surface area contributed by atoms with E-state index in [2.05, 4.69) is 24.3 Å². The first-order valence-electron chi connectivity index (χ1n) is 4.58. The zero-order valence-electron chi connectivity index (χ0n) is 8.07. The molecular formula is C12H12OS. The lowest BCUT2D eigenvalue weighted by Crippen LogP contribution is -1.84. The van der Waals surface area contributed by atoms with Crippen molar-refractivity contribution in [3.05, 3.63) is 47.4 Å². The summed E-state index contributed by atoms with van der Waals surface area (Å²) in [5.74, 6) is 0.943. The van der Waals surface area contributed by atoms with Crippen LogP contribution in [-0.4, -0.2) is 7.11 Å². The van der Waals surface area contributed by atoms with Crippen molar-refractivity contribution in [2.24, 2.45) is 0 Å². The zero-order valence-corrected chi connectivity index (χ0v) is 8.88. The van der Waals surface area contributed by atoms with Crippen LogP contribution in [0.2, 0.25) is 0 Å². The third kappa shape index (κ3) is 2.02. The highest BCUT2D eigenvalue weighted by molar-refractivity contribution is 8.03. The topological polar surface area (TPSA) is 9.23 Å². The number of para-hydroxylation sites is 1. The molecule has 0 spiro atoms. The Hall–Kier alpha value is -1.15. The summed E-state index contributed by atoms with van der Waals surface area (Å²) in [4.78, 5) is 2.47. The Morgan fingerprint density at radius 3 is 2.86 bits per heavy atom. The minimum Gasteiger partial charge on any atom is -0.496 e. The molecule has 0 aliphatic heterocycles. The summed E-state index contributed by atoms with van der Waals surface area (Å²) >= 11 is 1.75. The fourth-order valence-corrected chi connectivity index (χ4v) is 2.34. The Bertz CT molecular complexity index is 380. The molecule has 0 N–H and O–H groups in total. The molecule has 2 rings (SSSR count). The number of allylic oxidation sites excluding steroid dienone is 3. The predicted molar refractivity (Wildman–Crippen MR) is 60.7 cm³/mol. The maximum atomic E-state index is 5.28. The number of rotatable bonds is 3. The zero-order chi connectivity index (χ0) is 9.80. The van der Waals surface area contributed by atoms with Crippen molar-refractivity contribution in [3.8, 4) is 5.75 Å². The molecule has 0 fully saturated rings. The van der Waals surface area contributed by atoms with E-state index in [0.717, 1.165) is 12.2 Å². The highest BCUT2D eigenvalue weighted by Gasteiger charge is 2.05. The van der Waals surface area contributed by atoms with Crippen LogP contribution >= 0.6 is 11.8 Å². The Kier molecular flexibility index (Phi) is 2.94. The number of ether oxygens (including phenoxy) is 1. The SMILES string of the molecule is COc1ccccc1SC1=CCC=C1. The van der Waals surface area contributed by atoms with Crippen LogP contribution in [0.1, 0.15) is 6.42 Å². The van der Waals surface area contributed by atoms with Crippen LogP contribution in [0.4, 0.5) is 0 Å². The lowest BCUT2D eigenvalue weighted by Gasteiger charge is -2.06. The quantitative estimate of drug-likeness (QED) is 0.743. The normalized spacial score (nSPS) is 14.2. The van der Waals surface area contributed by atoms with Crippen LogP contribution in [0.25, 0.3) is 0 Å². The van der Waals surface area contributed by atoms with Crippen LogP contribution in [0.15, 0.2) is 52.3 Å². The van der Waals surface area contributed by atoms with Gasteiger partial charge in [0.05, 0.1) is 12.0 Å². The van der Waals surface area contributed by atoms with Gasteiger partial charge in [-0.1, -0.05) is 42.1 Å². The Morgan fingerprint density at radius 1 is 1.29 bits per heavy atom. The molecule has 1 aliphatic rings. The average Bonchev–Trinajstić information content (AvgIpc) is 2.71. The van der Waals surface area contributed by atoms with E-state index in [1.807, 2.05) is 18.2 Å². The number of thioether (sulfide) groups is 1. The highest BCUT2D eigenvalue weighted by atomic mass is 32.2. The fourth-order valence-electron chi connectivity index (χ4n) is 1.34. The van der Waals surface area contributed by atoms with Gasteiger partial charge in [-0.05, 0) is 18.6 Å². The number of benzene rings is 1. The van der Waals surface area contributed by atoms with E-state index >= 15 is 0 Å². The van der Waals surface area contributed by atoms with Gasteiger partial charge in [-0.2, -0.15) is 0 Å². The second-order valence-corrected chi connectivity index (χ2v) is 4.11. The molecular weight excluding hydrogens is 192 g/mol. The summed E-state index contributed by atoms with van der Waals surface area (Å²) in [6, 6.07) is 8.09. The van der Waals surface area contributed by atoms with Gasteiger partial charge in [0, 0.05) is 4.91 Å². The molecule has 0 unspecified atom stereocenters. The van der Waals surface area contributed by atoms with E-state index in [1.54, 1.807) is 18.9 Å². The number of methoxy groups -OCH3 is 1. The van der Waals surface area contributed by atoms with Crippen LogP contribution < -0.4 is 4.74 Å². The first-order valence-corrected chi connectivity index (χ1v) is 5.39. The van der Waals surface area contributed by atoms with Gasteiger partial charge < -0.3 is 4.74 Å². The van der Waals surface area contributed by atoms with Crippen molar-refractivity contribution in [1.82, 2.24) is 0 Å². The Balaban J connectivity index is 2.19. The molecule has 1 aromatic carbocycles. The van der Waals surface area contributed by atoms with Crippen molar-refractivity contribution >= 4 is 11.8 Å². The summed E-state index contributed by atoms with van der Waals surface area (Å²) in [5, 5.41) is 0. The third-order valence-corrected chi connectivity index (χ3v) is 3.13. The molecule has 1 nitrogen and oxygen atoms in total. The largest absolute Gasteiger partial charge is 0.496 e. The van der Waals surface area contributed by atoms with Gasteiger partial charge in [-0.3, -0.25) is 0 Å². The summed E-state index contributed by atoms with van der Waals surface area (Å²) in [5.41, 5.74) is 0. The van der Waals surface area contributed by atoms with Gasteiger partial charge in [-0.25, -0.2) is 0 Å². The lowest BCUT2D eigenvalue weighted by atomic mass is 10.3. The van der Waals surface area contributed by atoms with Crippen molar-refractivity contribution in [3.63, 3.8) is 0 Å². The van der Waals surface area contributed by atoms with Gasteiger partial charge >= 0.3 is 0 Å². The molecule has 0 saturated heterocycles. The van der Waals surface area contributed by atoms with E-state index in [4.69, 9.17) is 4.74 Å². The average molecular weight is 204 g/mol. The van der Waals surface area contributed by atoms with E-state index in [9.17, 15) is 0 Å². The fraction of sp³-hybridized carbons (Fsp3) is 0.167. The molecule has 2 heteroatoms. The lowest BCUT2D eigenvalue weighted by molar-refractivity contribution is 0.405. The van der Waals surface area contributed by atoms with E-state index < -0.39 is 0 Å². The molecule has 14 heavy (non-hydrogen) atoms. The van der Waals surface area contributed by atoms with Gasteiger partial charge in [0.2, 0.25) is 0 Å². The maximum absolute atomic E-state index is 5.28. The maximum Gasteiger partial charge on any atom is 0.132 e. The molecule has 1 aromatic rings. The Morgan fingerprint density at radius 2 is 2.14 bits per heavy atom. The summed E-state index contributed by atoms with van der Waals surface area (Å²) in [7, 11) is 1.71. The van der Waals surface area contributed by atoms with Crippen LogP contribution in [0.3, 0.4) is 0 Å². The number of hydrogen-bond donors (Lipinski definition) is 0. The molecule has 0 atom stereocenters. The third-order valence-electron chi connectivity index (χ3n) is 2.03. The summed E-state index contributed by atoms with van der Waals surface area (Å²) in [6.45, 7) is 0. The second kappa shape index (κ2) is 4.38. The molecule has 0 bridgehead atoms. The molecule has 1 aliphatic carbocycles. The van der Waals surface area contributed by atoms with Crippen molar-refractivity contribution < 1.29 is 4.74 Å². The van der Waals surface area contributed by atoms with Gasteiger partial charge in [-0.15, -0.1) is 0 Å². The van der Waals surface area contributed by atoms with Crippen molar-refractivity contribution in [1.29, 1.82) is 0 Å². The van der Waals surface area contributed by atoms with Crippen LogP contribution in [0.5, 0.6) is 5.75 Å². The van der Waals surface area contributed by atoms with Crippen LogP contribution in [-0.2, 0) is 0 Å². The van der Waals surface area contributed by atoms with Crippen molar-refractivity contribution in [2.45, 2.75) is 11.3 Å². The minimum atomic E-state index is 0.943. The summed E-state index contributed by atoms with van der Waals surface area (Å²) in [6.07, 6.45) is 7.59. The monoisotopic (exact) mass is 204 g/mol. The smallest absolute Gasteiger partial charge is 0.132 e. The molecule has 0 radical (unpaired) electrons. The predicted octanol–water partition coefficient (Wildman–Crippen LogP) is 3.63. The summed E-state index contributed by atoms with van der Waals surface area (Å²) < 4.78 is 5.28.